The third-order valence-corrected chi connectivity index (χ3v) is 3.58. The molecule has 2 aliphatic heterocycles. The number of hydrazine groups is 1. The lowest BCUT2D eigenvalue weighted by Crippen LogP contribution is -2.37. The molecule has 3 rings (SSSR count). The number of carbonyl (C=O) groups is 1. The Balaban J connectivity index is 1.70. The van der Waals surface area contributed by atoms with E-state index in [-0.39, 0.29) is 5.91 Å². The van der Waals surface area contributed by atoms with E-state index in [0.29, 0.717) is 11.7 Å². The summed E-state index contributed by atoms with van der Waals surface area (Å²) < 4.78 is 1.93. The molecule has 2 fully saturated rings. The summed E-state index contributed by atoms with van der Waals surface area (Å²) in [5.74, 6) is -0.0185. The topological polar surface area (TPSA) is 62.2 Å². The van der Waals surface area contributed by atoms with E-state index in [1.807, 2.05) is 16.9 Å². The standard InChI is InChI=1S/C12H19N5O/c18-12(17-7-2-6-14-17)11-4-8-16(15-11)10-3-1-5-13-9-10/h4,8,10,13-14H,1-3,5-7,9H2/t10-/m1/s1. The first kappa shape index (κ1) is 11.7. The van der Waals surface area contributed by atoms with Crippen LogP contribution in [0.5, 0.6) is 0 Å². The van der Waals surface area contributed by atoms with E-state index in [1.165, 1.54) is 6.42 Å². The Morgan fingerprint density at radius 3 is 3.06 bits per heavy atom. The average Bonchev–Trinajstić information content (AvgIpc) is 3.10. The third kappa shape index (κ3) is 2.26. The van der Waals surface area contributed by atoms with Crippen LogP contribution in [0.15, 0.2) is 12.3 Å². The van der Waals surface area contributed by atoms with Crippen LogP contribution < -0.4 is 10.7 Å². The second kappa shape index (κ2) is 5.07. The first-order valence-corrected chi connectivity index (χ1v) is 6.66. The molecule has 98 valence electrons. The number of carbonyl (C=O) groups excluding carboxylic acids is 1. The molecule has 0 radical (unpaired) electrons. The van der Waals surface area contributed by atoms with Crippen molar-refractivity contribution in [2.45, 2.75) is 25.3 Å². The smallest absolute Gasteiger partial charge is 0.288 e. The van der Waals surface area contributed by atoms with Gasteiger partial charge < -0.3 is 5.32 Å². The molecule has 0 spiro atoms. The summed E-state index contributed by atoms with van der Waals surface area (Å²) in [7, 11) is 0. The summed E-state index contributed by atoms with van der Waals surface area (Å²) >= 11 is 0. The van der Waals surface area contributed by atoms with Gasteiger partial charge in [-0.3, -0.25) is 14.5 Å². The normalized spacial score (nSPS) is 24.4. The molecule has 2 N–H and O–H groups in total. The first-order chi connectivity index (χ1) is 8.84. The fourth-order valence-corrected chi connectivity index (χ4v) is 2.56. The van der Waals surface area contributed by atoms with Crippen LogP contribution in [0.2, 0.25) is 0 Å². The molecule has 18 heavy (non-hydrogen) atoms. The zero-order valence-electron chi connectivity index (χ0n) is 10.4. The van der Waals surface area contributed by atoms with E-state index < -0.39 is 0 Å². The molecule has 6 heteroatoms. The Morgan fingerprint density at radius 1 is 1.39 bits per heavy atom. The van der Waals surface area contributed by atoms with Crippen LogP contribution in [0.4, 0.5) is 0 Å². The fraction of sp³-hybridized carbons (Fsp3) is 0.667. The molecule has 1 atom stereocenters. The Labute approximate surface area is 106 Å². The molecule has 0 unspecified atom stereocenters. The summed E-state index contributed by atoms with van der Waals surface area (Å²) in [5.41, 5.74) is 3.60. The number of hydrogen-bond acceptors (Lipinski definition) is 4. The van der Waals surface area contributed by atoms with Crippen LogP contribution in [0.1, 0.15) is 35.8 Å². The molecule has 1 aromatic heterocycles. The van der Waals surface area contributed by atoms with Crippen molar-refractivity contribution in [3.8, 4) is 0 Å². The SMILES string of the molecule is O=C(c1ccn([C@@H]2CCCNC2)n1)N1CCCN1. The second-order valence-electron chi connectivity index (χ2n) is 4.90. The van der Waals surface area contributed by atoms with Crippen LogP contribution in [0.25, 0.3) is 0 Å². The van der Waals surface area contributed by atoms with E-state index in [0.717, 1.165) is 39.0 Å². The summed E-state index contributed by atoms with van der Waals surface area (Å²) in [6, 6.07) is 2.20. The predicted octanol–water partition coefficient (Wildman–Crippen LogP) is 0.158. The zero-order chi connectivity index (χ0) is 12.4. The zero-order valence-corrected chi connectivity index (χ0v) is 10.4. The minimum Gasteiger partial charge on any atom is -0.315 e. The lowest BCUT2D eigenvalue weighted by Gasteiger charge is -2.23. The quantitative estimate of drug-likeness (QED) is 0.783. The van der Waals surface area contributed by atoms with Gasteiger partial charge in [0.05, 0.1) is 6.04 Å². The molecular weight excluding hydrogens is 230 g/mol. The van der Waals surface area contributed by atoms with Crippen LogP contribution in [0, 0.1) is 0 Å². The Kier molecular flexibility index (Phi) is 3.29. The molecule has 2 saturated heterocycles. The van der Waals surface area contributed by atoms with E-state index in [4.69, 9.17) is 0 Å². The van der Waals surface area contributed by atoms with E-state index in [1.54, 1.807) is 5.01 Å². The Bertz CT molecular complexity index is 418. The van der Waals surface area contributed by atoms with Crippen molar-refractivity contribution >= 4 is 5.91 Å². The minimum atomic E-state index is -0.0185. The van der Waals surface area contributed by atoms with Gasteiger partial charge in [0.2, 0.25) is 0 Å². The monoisotopic (exact) mass is 249 g/mol. The number of nitrogens with one attached hydrogen (secondary N) is 2. The van der Waals surface area contributed by atoms with Gasteiger partial charge in [0, 0.05) is 25.8 Å². The van der Waals surface area contributed by atoms with Crippen molar-refractivity contribution in [2.24, 2.45) is 0 Å². The Hall–Kier alpha value is -1.40. The molecule has 1 aromatic rings. The lowest BCUT2D eigenvalue weighted by atomic mass is 10.1. The van der Waals surface area contributed by atoms with Crippen LogP contribution in [0.3, 0.4) is 0 Å². The minimum absolute atomic E-state index is 0.0185. The molecule has 1 amide bonds. The summed E-state index contributed by atoms with van der Waals surface area (Å²) in [5, 5.41) is 9.44. The fourth-order valence-electron chi connectivity index (χ4n) is 2.56. The van der Waals surface area contributed by atoms with Gasteiger partial charge in [-0.05, 0) is 31.9 Å². The highest BCUT2D eigenvalue weighted by Gasteiger charge is 2.23. The van der Waals surface area contributed by atoms with E-state index >= 15 is 0 Å². The van der Waals surface area contributed by atoms with Crippen molar-refractivity contribution in [2.75, 3.05) is 26.2 Å². The molecule has 0 saturated carbocycles. The largest absolute Gasteiger partial charge is 0.315 e. The molecule has 6 nitrogen and oxygen atoms in total. The van der Waals surface area contributed by atoms with Gasteiger partial charge in [0.25, 0.3) is 5.91 Å². The lowest BCUT2D eigenvalue weighted by molar-refractivity contribution is 0.0718. The highest BCUT2D eigenvalue weighted by Crippen LogP contribution is 2.16. The average molecular weight is 249 g/mol. The van der Waals surface area contributed by atoms with Crippen molar-refractivity contribution in [1.82, 2.24) is 25.5 Å². The Morgan fingerprint density at radius 2 is 2.33 bits per heavy atom. The highest BCUT2D eigenvalue weighted by molar-refractivity contribution is 5.91. The van der Waals surface area contributed by atoms with E-state index in [2.05, 4.69) is 15.8 Å². The van der Waals surface area contributed by atoms with Gasteiger partial charge in [-0.25, -0.2) is 5.43 Å². The van der Waals surface area contributed by atoms with E-state index in [9.17, 15) is 4.79 Å². The van der Waals surface area contributed by atoms with Gasteiger partial charge in [0.1, 0.15) is 0 Å². The first-order valence-electron chi connectivity index (χ1n) is 6.66. The summed E-state index contributed by atoms with van der Waals surface area (Å²) in [4.78, 5) is 12.1. The maximum absolute atomic E-state index is 12.1. The number of hydrogen-bond donors (Lipinski definition) is 2. The van der Waals surface area contributed by atoms with Crippen LogP contribution in [-0.4, -0.2) is 46.9 Å². The van der Waals surface area contributed by atoms with Crippen molar-refractivity contribution in [1.29, 1.82) is 0 Å². The van der Waals surface area contributed by atoms with Gasteiger partial charge >= 0.3 is 0 Å². The van der Waals surface area contributed by atoms with Crippen molar-refractivity contribution in [3.05, 3.63) is 18.0 Å². The number of aromatic nitrogens is 2. The number of rotatable bonds is 2. The number of nitrogens with zero attached hydrogens (tertiary/aromatic N) is 3. The van der Waals surface area contributed by atoms with Crippen LogP contribution in [-0.2, 0) is 0 Å². The third-order valence-electron chi connectivity index (χ3n) is 3.58. The molecule has 0 bridgehead atoms. The van der Waals surface area contributed by atoms with Crippen molar-refractivity contribution < 1.29 is 4.79 Å². The number of amides is 1. The molecular formula is C12H19N5O. The number of piperidine rings is 1. The summed E-state index contributed by atoms with van der Waals surface area (Å²) in [6.45, 7) is 3.67. The molecule has 0 aromatic carbocycles. The molecule has 0 aliphatic carbocycles. The summed E-state index contributed by atoms with van der Waals surface area (Å²) in [6.07, 6.45) is 5.23. The van der Waals surface area contributed by atoms with Gasteiger partial charge in [0.15, 0.2) is 5.69 Å². The van der Waals surface area contributed by atoms with Crippen molar-refractivity contribution in [3.63, 3.8) is 0 Å². The maximum atomic E-state index is 12.1. The second-order valence-corrected chi connectivity index (χ2v) is 4.90. The van der Waals surface area contributed by atoms with Gasteiger partial charge in [-0.15, -0.1) is 0 Å². The predicted molar refractivity (Wildman–Crippen MR) is 67.0 cm³/mol. The van der Waals surface area contributed by atoms with Crippen LogP contribution >= 0.6 is 0 Å². The maximum Gasteiger partial charge on any atom is 0.288 e. The van der Waals surface area contributed by atoms with Gasteiger partial charge in [-0.1, -0.05) is 0 Å². The molecule has 2 aliphatic rings. The molecule has 3 heterocycles. The van der Waals surface area contributed by atoms with Gasteiger partial charge in [-0.2, -0.15) is 5.10 Å². The highest BCUT2D eigenvalue weighted by atomic mass is 16.2.